The molecule has 3 aromatic rings. The Kier molecular flexibility index (Phi) is 4.50. The molecule has 0 amide bonds. The molecular formula is C21H19FN2O4. The maximum atomic E-state index is 14.7. The summed E-state index contributed by atoms with van der Waals surface area (Å²) >= 11 is 0. The number of aromatic carboxylic acids is 1. The highest BCUT2D eigenvalue weighted by molar-refractivity contribution is 5.93. The van der Waals surface area contributed by atoms with Gasteiger partial charge in [0.1, 0.15) is 17.1 Å². The second kappa shape index (κ2) is 6.99. The maximum absolute atomic E-state index is 14.7. The zero-order valence-corrected chi connectivity index (χ0v) is 15.2. The molecule has 1 aliphatic carbocycles. The molecule has 2 N–H and O–H groups in total. The Hall–Kier alpha value is -3.35. The molecule has 7 heteroatoms. The number of rotatable bonds is 6. The Morgan fingerprint density at radius 1 is 1.32 bits per heavy atom. The van der Waals surface area contributed by atoms with Crippen LogP contribution < -0.4 is 15.5 Å². The van der Waals surface area contributed by atoms with Gasteiger partial charge in [-0.3, -0.25) is 4.79 Å². The summed E-state index contributed by atoms with van der Waals surface area (Å²) in [6.07, 6.45) is 3.17. The molecule has 1 fully saturated rings. The van der Waals surface area contributed by atoms with Crippen LogP contribution in [0.15, 0.2) is 47.4 Å². The van der Waals surface area contributed by atoms with E-state index in [9.17, 15) is 19.1 Å². The van der Waals surface area contributed by atoms with E-state index in [0.29, 0.717) is 17.8 Å². The van der Waals surface area contributed by atoms with Crippen LogP contribution in [-0.4, -0.2) is 22.8 Å². The summed E-state index contributed by atoms with van der Waals surface area (Å²) in [5.41, 5.74) is 0.630. The molecule has 0 radical (unpaired) electrons. The first kappa shape index (κ1) is 18.0. The lowest BCUT2D eigenvalue weighted by Crippen LogP contribution is -2.19. The molecule has 6 nitrogen and oxygen atoms in total. The van der Waals surface area contributed by atoms with Crippen LogP contribution in [0.2, 0.25) is 0 Å². The Balaban J connectivity index is 1.77. The summed E-state index contributed by atoms with van der Waals surface area (Å²) in [7, 11) is 1.57. The van der Waals surface area contributed by atoms with Gasteiger partial charge in [-0.1, -0.05) is 18.2 Å². The lowest BCUT2D eigenvalue weighted by Gasteiger charge is -2.15. The Morgan fingerprint density at radius 2 is 2.07 bits per heavy atom. The van der Waals surface area contributed by atoms with Crippen LogP contribution in [0.5, 0.6) is 5.75 Å². The first-order chi connectivity index (χ1) is 13.5. The minimum absolute atomic E-state index is 0.0761. The van der Waals surface area contributed by atoms with Crippen molar-refractivity contribution in [2.45, 2.75) is 25.4 Å². The minimum Gasteiger partial charge on any atom is -0.496 e. The van der Waals surface area contributed by atoms with Crippen LogP contribution in [0.1, 0.15) is 34.8 Å². The number of pyridine rings is 1. The average Bonchev–Trinajstić information content (AvgIpc) is 3.52. The van der Waals surface area contributed by atoms with Gasteiger partial charge in [-0.15, -0.1) is 0 Å². The molecule has 28 heavy (non-hydrogen) atoms. The van der Waals surface area contributed by atoms with Crippen LogP contribution in [0.3, 0.4) is 0 Å². The Labute approximate surface area is 160 Å². The van der Waals surface area contributed by atoms with Crippen LogP contribution >= 0.6 is 0 Å². The lowest BCUT2D eigenvalue weighted by atomic mass is 10.1. The van der Waals surface area contributed by atoms with E-state index in [2.05, 4.69) is 5.32 Å². The van der Waals surface area contributed by atoms with E-state index in [1.807, 2.05) is 24.3 Å². The number of carboxylic acid groups (broad SMARTS) is 1. The predicted octanol–water partition coefficient (Wildman–Crippen LogP) is 3.79. The minimum atomic E-state index is -1.31. The van der Waals surface area contributed by atoms with E-state index < -0.39 is 17.2 Å². The molecular weight excluding hydrogens is 363 g/mol. The summed E-state index contributed by atoms with van der Waals surface area (Å²) in [5.74, 6) is -1.22. The highest BCUT2D eigenvalue weighted by Crippen LogP contribution is 2.37. The SMILES string of the molecule is COc1ccccc1CNc1cc2c(cc1F)c(=O)c(C(=O)O)cn2C1CC1. The van der Waals surface area contributed by atoms with Gasteiger partial charge in [0.25, 0.3) is 0 Å². The number of carbonyl (C=O) groups is 1. The number of benzene rings is 2. The van der Waals surface area contributed by atoms with Crippen LogP contribution in [0, 0.1) is 5.82 Å². The van der Waals surface area contributed by atoms with E-state index in [0.717, 1.165) is 24.5 Å². The summed E-state index contributed by atoms with van der Waals surface area (Å²) in [5, 5.41) is 12.4. The van der Waals surface area contributed by atoms with Crippen LogP contribution in [0.25, 0.3) is 10.9 Å². The van der Waals surface area contributed by atoms with Gasteiger partial charge in [-0.25, -0.2) is 9.18 Å². The number of methoxy groups -OCH3 is 1. The van der Waals surface area contributed by atoms with Gasteiger partial charge in [0.05, 0.1) is 18.3 Å². The Bertz CT molecular complexity index is 1140. The van der Waals surface area contributed by atoms with Crippen molar-refractivity contribution in [2.24, 2.45) is 0 Å². The molecule has 1 aliphatic rings. The van der Waals surface area contributed by atoms with Gasteiger partial charge < -0.3 is 19.7 Å². The number of hydrogen-bond acceptors (Lipinski definition) is 4. The van der Waals surface area contributed by atoms with Crippen molar-refractivity contribution >= 4 is 22.6 Å². The third-order valence-corrected chi connectivity index (χ3v) is 4.95. The third kappa shape index (κ3) is 3.19. The summed E-state index contributed by atoms with van der Waals surface area (Å²) < 4.78 is 21.8. The zero-order chi connectivity index (χ0) is 19.8. The highest BCUT2D eigenvalue weighted by Gasteiger charge is 2.27. The molecule has 0 saturated heterocycles. The molecule has 0 atom stereocenters. The molecule has 0 bridgehead atoms. The fourth-order valence-electron chi connectivity index (χ4n) is 3.35. The van der Waals surface area contributed by atoms with Gasteiger partial charge in [-0.05, 0) is 31.0 Å². The molecule has 1 aromatic heterocycles. The van der Waals surface area contributed by atoms with Gasteiger partial charge >= 0.3 is 5.97 Å². The highest BCUT2D eigenvalue weighted by atomic mass is 19.1. The van der Waals surface area contributed by atoms with Crippen molar-refractivity contribution in [3.8, 4) is 5.75 Å². The molecule has 1 heterocycles. The average molecular weight is 382 g/mol. The number of aromatic nitrogens is 1. The fraction of sp³-hybridized carbons (Fsp3) is 0.238. The number of halogens is 1. The quantitative estimate of drug-likeness (QED) is 0.678. The standard InChI is InChI=1S/C21H19FN2O4/c1-28-19-5-3-2-4-12(19)10-23-17-9-18-14(8-16(17)22)20(25)15(21(26)27)11-24(18)13-6-7-13/h2-5,8-9,11,13,23H,6-7,10H2,1H3,(H,26,27). The van der Waals surface area contributed by atoms with E-state index in [1.54, 1.807) is 17.7 Å². The maximum Gasteiger partial charge on any atom is 0.341 e. The van der Waals surface area contributed by atoms with Crippen molar-refractivity contribution in [3.63, 3.8) is 0 Å². The number of fused-ring (bicyclic) bond motifs is 1. The van der Waals surface area contributed by atoms with Crippen molar-refractivity contribution in [1.82, 2.24) is 4.57 Å². The monoisotopic (exact) mass is 382 g/mol. The predicted molar refractivity (Wildman–Crippen MR) is 104 cm³/mol. The molecule has 2 aromatic carbocycles. The zero-order valence-electron chi connectivity index (χ0n) is 15.2. The molecule has 0 spiro atoms. The number of nitrogens with zero attached hydrogens (tertiary/aromatic N) is 1. The number of ether oxygens (including phenoxy) is 1. The summed E-state index contributed by atoms with van der Waals surface area (Å²) in [6, 6.07) is 10.3. The topological polar surface area (TPSA) is 80.6 Å². The number of nitrogens with one attached hydrogen (secondary N) is 1. The van der Waals surface area contributed by atoms with Crippen molar-refractivity contribution in [2.75, 3.05) is 12.4 Å². The number of hydrogen-bond donors (Lipinski definition) is 2. The van der Waals surface area contributed by atoms with Gasteiger partial charge in [0.2, 0.25) is 5.43 Å². The largest absolute Gasteiger partial charge is 0.496 e. The third-order valence-electron chi connectivity index (χ3n) is 4.95. The molecule has 144 valence electrons. The number of carboxylic acids is 1. The van der Waals surface area contributed by atoms with Gasteiger partial charge in [0, 0.05) is 29.7 Å². The van der Waals surface area contributed by atoms with E-state index in [4.69, 9.17) is 4.74 Å². The smallest absolute Gasteiger partial charge is 0.341 e. The first-order valence-corrected chi connectivity index (χ1v) is 8.97. The van der Waals surface area contributed by atoms with E-state index in [1.165, 1.54) is 6.20 Å². The molecule has 0 unspecified atom stereocenters. The number of para-hydroxylation sites is 1. The first-order valence-electron chi connectivity index (χ1n) is 8.97. The molecule has 4 rings (SSSR count). The normalized spacial score (nSPS) is 13.5. The Morgan fingerprint density at radius 3 is 2.75 bits per heavy atom. The molecule has 0 aliphatic heterocycles. The van der Waals surface area contributed by atoms with Crippen LogP contribution in [-0.2, 0) is 6.54 Å². The summed E-state index contributed by atoms with van der Waals surface area (Å²) in [6.45, 7) is 0.341. The lowest BCUT2D eigenvalue weighted by molar-refractivity contribution is 0.0695. The second-order valence-corrected chi connectivity index (χ2v) is 6.83. The van der Waals surface area contributed by atoms with E-state index in [-0.39, 0.29) is 22.7 Å². The van der Waals surface area contributed by atoms with Gasteiger partial charge in [-0.2, -0.15) is 0 Å². The number of anilines is 1. The molecule has 1 saturated carbocycles. The second-order valence-electron chi connectivity index (χ2n) is 6.83. The van der Waals surface area contributed by atoms with Crippen LogP contribution in [0.4, 0.5) is 10.1 Å². The fourth-order valence-corrected chi connectivity index (χ4v) is 3.35. The van der Waals surface area contributed by atoms with Crippen molar-refractivity contribution in [3.05, 3.63) is 69.8 Å². The summed E-state index contributed by atoms with van der Waals surface area (Å²) in [4.78, 5) is 23.9. The van der Waals surface area contributed by atoms with Crippen molar-refractivity contribution in [1.29, 1.82) is 0 Å². The van der Waals surface area contributed by atoms with E-state index >= 15 is 0 Å². The van der Waals surface area contributed by atoms with Gasteiger partial charge in [0.15, 0.2) is 0 Å². The van der Waals surface area contributed by atoms with Crippen molar-refractivity contribution < 1.29 is 19.0 Å².